The molecule has 0 heterocycles. The molecule has 0 radical (unpaired) electrons. The Balaban J connectivity index is 2.27. The van der Waals surface area contributed by atoms with Crippen molar-refractivity contribution >= 4 is 12.0 Å². The number of carbonyl (C=O) groups excluding carboxylic acids is 1. The fraction of sp³-hybridized carbons (Fsp3) is 0.846. The highest BCUT2D eigenvalue weighted by Crippen LogP contribution is 2.36. The summed E-state index contributed by atoms with van der Waals surface area (Å²) in [5, 5.41) is 14.3. The van der Waals surface area contributed by atoms with Crippen molar-refractivity contribution in [3.63, 3.8) is 0 Å². The summed E-state index contributed by atoms with van der Waals surface area (Å²) in [4.78, 5) is 22.2. The van der Waals surface area contributed by atoms with Crippen molar-refractivity contribution in [3.8, 4) is 0 Å². The van der Waals surface area contributed by atoms with E-state index in [1.54, 1.807) is 0 Å². The molecule has 3 N–H and O–H groups in total. The predicted molar refractivity (Wildman–Crippen MR) is 69.4 cm³/mol. The summed E-state index contributed by atoms with van der Waals surface area (Å²) in [5.41, 5.74) is 0.157. The summed E-state index contributed by atoms with van der Waals surface area (Å²) in [6, 6.07) is 0.0273. The van der Waals surface area contributed by atoms with Gasteiger partial charge in [-0.3, -0.25) is 4.79 Å². The summed E-state index contributed by atoms with van der Waals surface area (Å²) in [7, 11) is 0. The van der Waals surface area contributed by atoms with Crippen LogP contribution in [-0.2, 0) is 4.79 Å². The molecule has 1 fully saturated rings. The Labute approximate surface area is 108 Å². The highest BCUT2D eigenvalue weighted by molar-refractivity contribution is 5.74. The van der Waals surface area contributed by atoms with Gasteiger partial charge in [0.25, 0.3) is 0 Å². The first-order chi connectivity index (χ1) is 8.31. The lowest BCUT2D eigenvalue weighted by Gasteiger charge is -2.28. The quantitative estimate of drug-likeness (QED) is 0.703. The maximum Gasteiger partial charge on any atom is 0.315 e. The molecule has 5 nitrogen and oxygen atoms in total. The summed E-state index contributed by atoms with van der Waals surface area (Å²) >= 11 is 0. The molecule has 2 unspecified atom stereocenters. The summed E-state index contributed by atoms with van der Waals surface area (Å²) in [6.07, 6.45) is 3.38. The molecule has 0 bridgehead atoms. The van der Waals surface area contributed by atoms with Crippen LogP contribution in [0.2, 0.25) is 0 Å². The Morgan fingerprint density at radius 1 is 1.44 bits per heavy atom. The van der Waals surface area contributed by atoms with Crippen molar-refractivity contribution in [3.05, 3.63) is 0 Å². The third-order valence-electron chi connectivity index (χ3n) is 3.70. The smallest absolute Gasteiger partial charge is 0.315 e. The molecular formula is C13H24N2O3. The number of hydrogen-bond donors (Lipinski definition) is 3. The lowest BCUT2D eigenvalue weighted by Crippen LogP contribution is -2.47. The van der Waals surface area contributed by atoms with Gasteiger partial charge in [-0.05, 0) is 24.2 Å². The Morgan fingerprint density at radius 3 is 2.61 bits per heavy atom. The Morgan fingerprint density at radius 2 is 2.11 bits per heavy atom. The molecule has 5 heteroatoms. The fourth-order valence-electron chi connectivity index (χ4n) is 2.44. The molecule has 18 heavy (non-hydrogen) atoms. The van der Waals surface area contributed by atoms with E-state index in [4.69, 9.17) is 5.11 Å². The Hall–Kier alpha value is -1.26. The van der Waals surface area contributed by atoms with Crippen LogP contribution >= 0.6 is 0 Å². The third kappa shape index (κ3) is 4.55. The number of carboxylic acids is 1. The minimum atomic E-state index is -0.832. The average Bonchev–Trinajstić information content (AvgIpc) is 2.54. The maximum absolute atomic E-state index is 11.7. The van der Waals surface area contributed by atoms with Gasteiger partial charge >= 0.3 is 12.0 Å². The molecule has 104 valence electrons. The van der Waals surface area contributed by atoms with E-state index in [0.717, 1.165) is 19.3 Å². The number of carboxylic acid groups (broad SMARTS) is 1. The van der Waals surface area contributed by atoms with Gasteiger partial charge in [0.15, 0.2) is 0 Å². The first-order valence-corrected chi connectivity index (χ1v) is 6.57. The topological polar surface area (TPSA) is 78.4 Å². The normalized spacial score (nSPS) is 23.4. The molecule has 0 spiro atoms. The van der Waals surface area contributed by atoms with Crippen LogP contribution in [0.1, 0.15) is 46.5 Å². The maximum atomic E-state index is 11.7. The summed E-state index contributed by atoms with van der Waals surface area (Å²) in [6.45, 7) is 6.54. The van der Waals surface area contributed by atoms with Crippen molar-refractivity contribution in [1.29, 1.82) is 0 Å². The lowest BCUT2D eigenvalue weighted by molar-refractivity contribution is -0.137. The second-order valence-corrected chi connectivity index (χ2v) is 5.99. The Bertz CT molecular complexity index is 315. The third-order valence-corrected chi connectivity index (χ3v) is 3.70. The first kappa shape index (κ1) is 14.8. The van der Waals surface area contributed by atoms with Crippen LogP contribution in [-0.4, -0.2) is 29.7 Å². The summed E-state index contributed by atoms with van der Waals surface area (Å²) in [5.74, 6) is -0.883. The van der Waals surface area contributed by atoms with Gasteiger partial charge in [0.2, 0.25) is 0 Å². The SMILES string of the molecule is CC(CNC(=O)NC1CCCC1(C)C)CC(=O)O. The highest BCUT2D eigenvalue weighted by atomic mass is 16.4. The van der Waals surface area contributed by atoms with Crippen molar-refractivity contribution < 1.29 is 14.7 Å². The number of hydrogen-bond acceptors (Lipinski definition) is 2. The zero-order chi connectivity index (χ0) is 13.8. The molecule has 2 atom stereocenters. The van der Waals surface area contributed by atoms with Gasteiger partial charge in [-0.1, -0.05) is 27.2 Å². The molecule has 2 amide bonds. The van der Waals surface area contributed by atoms with Gasteiger partial charge in [0.1, 0.15) is 0 Å². The fourth-order valence-corrected chi connectivity index (χ4v) is 2.44. The van der Waals surface area contributed by atoms with Gasteiger partial charge in [-0.25, -0.2) is 4.79 Å². The van der Waals surface area contributed by atoms with E-state index < -0.39 is 5.97 Å². The molecule has 0 aromatic heterocycles. The van der Waals surface area contributed by atoms with Gasteiger partial charge in [-0.2, -0.15) is 0 Å². The van der Waals surface area contributed by atoms with E-state index in [-0.39, 0.29) is 29.8 Å². The van der Waals surface area contributed by atoms with Crippen LogP contribution in [0, 0.1) is 11.3 Å². The van der Waals surface area contributed by atoms with E-state index in [1.807, 2.05) is 6.92 Å². The van der Waals surface area contributed by atoms with Crippen molar-refractivity contribution in [2.45, 2.75) is 52.5 Å². The standard InChI is InChI=1S/C13H24N2O3/c1-9(7-11(16)17)8-14-12(18)15-10-5-4-6-13(10,2)3/h9-10H,4-8H2,1-3H3,(H,16,17)(H2,14,15,18). The number of carbonyl (C=O) groups is 2. The molecule has 1 saturated carbocycles. The van der Waals surface area contributed by atoms with Crippen molar-refractivity contribution in [2.24, 2.45) is 11.3 Å². The van der Waals surface area contributed by atoms with Crippen molar-refractivity contribution in [1.82, 2.24) is 10.6 Å². The summed E-state index contributed by atoms with van der Waals surface area (Å²) < 4.78 is 0. The van der Waals surface area contributed by atoms with Crippen LogP contribution in [0.25, 0.3) is 0 Å². The van der Waals surface area contributed by atoms with Crippen LogP contribution in [0.5, 0.6) is 0 Å². The molecular weight excluding hydrogens is 232 g/mol. The predicted octanol–water partition coefficient (Wildman–Crippen LogP) is 1.98. The first-order valence-electron chi connectivity index (χ1n) is 6.57. The van der Waals surface area contributed by atoms with Gasteiger partial charge in [0, 0.05) is 19.0 Å². The van der Waals surface area contributed by atoms with Crippen molar-refractivity contribution in [2.75, 3.05) is 6.54 Å². The van der Waals surface area contributed by atoms with E-state index in [9.17, 15) is 9.59 Å². The monoisotopic (exact) mass is 256 g/mol. The zero-order valence-corrected chi connectivity index (χ0v) is 11.5. The van der Waals surface area contributed by atoms with Crippen LogP contribution in [0.15, 0.2) is 0 Å². The van der Waals surface area contributed by atoms with E-state index in [0.29, 0.717) is 6.54 Å². The zero-order valence-electron chi connectivity index (χ0n) is 11.5. The molecule has 1 aliphatic carbocycles. The van der Waals surface area contributed by atoms with Crippen LogP contribution in [0.3, 0.4) is 0 Å². The lowest BCUT2D eigenvalue weighted by atomic mass is 9.87. The largest absolute Gasteiger partial charge is 0.481 e. The molecule has 0 saturated heterocycles. The number of rotatable bonds is 5. The average molecular weight is 256 g/mol. The second-order valence-electron chi connectivity index (χ2n) is 5.99. The van der Waals surface area contributed by atoms with E-state index >= 15 is 0 Å². The molecule has 1 aliphatic rings. The van der Waals surface area contributed by atoms with Gasteiger partial charge in [-0.15, -0.1) is 0 Å². The van der Waals surface area contributed by atoms with Crippen LogP contribution in [0.4, 0.5) is 4.79 Å². The molecule has 1 rings (SSSR count). The Kier molecular flexibility index (Phi) is 4.99. The number of urea groups is 1. The minimum Gasteiger partial charge on any atom is -0.481 e. The van der Waals surface area contributed by atoms with E-state index in [1.165, 1.54) is 0 Å². The number of nitrogens with one attached hydrogen (secondary N) is 2. The van der Waals surface area contributed by atoms with Gasteiger partial charge < -0.3 is 15.7 Å². The van der Waals surface area contributed by atoms with Gasteiger partial charge in [0.05, 0.1) is 0 Å². The van der Waals surface area contributed by atoms with E-state index in [2.05, 4.69) is 24.5 Å². The van der Waals surface area contributed by atoms with Crippen LogP contribution < -0.4 is 10.6 Å². The number of aliphatic carboxylic acids is 1. The molecule has 0 aliphatic heterocycles. The molecule has 0 aromatic carbocycles. The highest BCUT2D eigenvalue weighted by Gasteiger charge is 2.35. The molecule has 0 aromatic rings. The second kappa shape index (κ2) is 6.07. The number of amides is 2. The minimum absolute atomic E-state index is 0.0511.